The third kappa shape index (κ3) is 2.22. The molecule has 0 unspecified atom stereocenters. The maximum absolute atomic E-state index is 2.26. The van der Waals surface area contributed by atoms with Crippen LogP contribution in [0.4, 0.5) is 0 Å². The number of rotatable bonds is 2. The Morgan fingerprint density at radius 3 is 1.57 bits per heavy atom. The third-order valence-corrected chi connectivity index (χ3v) is 4.74. The van der Waals surface area contributed by atoms with Crippen LogP contribution in [0.15, 0.2) is 72.8 Å². The molecule has 4 aromatic carbocycles. The Morgan fingerprint density at radius 2 is 1.09 bits per heavy atom. The lowest BCUT2D eigenvalue weighted by Gasteiger charge is -2.16. The van der Waals surface area contributed by atoms with Crippen LogP contribution in [0.3, 0.4) is 0 Å². The van der Waals surface area contributed by atoms with E-state index in [1.54, 1.807) is 0 Å². The quantitative estimate of drug-likeness (QED) is 0.369. The summed E-state index contributed by atoms with van der Waals surface area (Å²) >= 11 is 0. The van der Waals surface area contributed by atoms with Crippen molar-refractivity contribution in [2.75, 3.05) is 0 Å². The van der Waals surface area contributed by atoms with Crippen LogP contribution in [0.5, 0.6) is 0 Å². The number of fused-ring (bicyclic) bond motifs is 2. The van der Waals surface area contributed by atoms with Gasteiger partial charge in [-0.3, -0.25) is 0 Å². The molecule has 0 saturated heterocycles. The number of benzene rings is 4. The monoisotopic (exact) mass is 296 g/mol. The van der Waals surface area contributed by atoms with E-state index in [1.807, 2.05) is 0 Å². The van der Waals surface area contributed by atoms with Gasteiger partial charge in [0.2, 0.25) is 0 Å². The highest BCUT2D eigenvalue weighted by Gasteiger charge is 2.13. The summed E-state index contributed by atoms with van der Waals surface area (Å²) in [5.74, 6) is 0. The molecular formula is C23H20. The van der Waals surface area contributed by atoms with E-state index in [9.17, 15) is 0 Å². The summed E-state index contributed by atoms with van der Waals surface area (Å²) in [6.45, 7) is 4.39. The fourth-order valence-electron chi connectivity index (χ4n) is 3.63. The van der Waals surface area contributed by atoms with Crippen LogP contribution >= 0.6 is 0 Å². The average molecular weight is 296 g/mol. The molecule has 0 atom stereocenters. The molecule has 0 fully saturated rings. The zero-order valence-electron chi connectivity index (χ0n) is 13.6. The highest BCUT2D eigenvalue weighted by Crippen LogP contribution is 2.39. The van der Waals surface area contributed by atoms with E-state index in [2.05, 4.69) is 86.6 Å². The van der Waals surface area contributed by atoms with Crippen molar-refractivity contribution in [2.24, 2.45) is 0 Å². The molecule has 4 aromatic rings. The van der Waals surface area contributed by atoms with Gasteiger partial charge in [-0.1, -0.05) is 85.3 Å². The van der Waals surface area contributed by atoms with Gasteiger partial charge in [-0.15, -0.1) is 0 Å². The summed E-state index contributed by atoms with van der Waals surface area (Å²) < 4.78 is 0. The van der Waals surface area contributed by atoms with Crippen molar-refractivity contribution >= 4 is 21.5 Å². The Balaban J connectivity index is 2.22. The first-order valence-electron chi connectivity index (χ1n) is 8.29. The van der Waals surface area contributed by atoms with Crippen molar-refractivity contribution in [2.45, 2.75) is 20.3 Å². The van der Waals surface area contributed by atoms with Crippen molar-refractivity contribution in [3.8, 4) is 11.1 Å². The normalized spacial score (nSPS) is 11.2. The van der Waals surface area contributed by atoms with E-state index in [1.165, 1.54) is 43.8 Å². The fraction of sp³-hybridized carbons (Fsp3) is 0.130. The van der Waals surface area contributed by atoms with E-state index in [0.29, 0.717) is 0 Å². The van der Waals surface area contributed by atoms with Gasteiger partial charge in [0.25, 0.3) is 0 Å². The number of aryl methyl sites for hydroxylation is 2. The van der Waals surface area contributed by atoms with E-state index >= 15 is 0 Å². The highest BCUT2D eigenvalue weighted by atomic mass is 14.2. The zero-order valence-corrected chi connectivity index (χ0v) is 13.6. The third-order valence-electron chi connectivity index (χ3n) is 4.74. The van der Waals surface area contributed by atoms with Crippen molar-refractivity contribution in [3.05, 3.63) is 83.9 Å². The summed E-state index contributed by atoms with van der Waals surface area (Å²) in [4.78, 5) is 0. The Kier molecular flexibility index (Phi) is 3.38. The molecule has 0 aromatic heterocycles. The van der Waals surface area contributed by atoms with Crippen LogP contribution in [0.2, 0.25) is 0 Å². The van der Waals surface area contributed by atoms with Crippen LogP contribution in [-0.2, 0) is 6.42 Å². The second-order valence-corrected chi connectivity index (χ2v) is 6.16. The van der Waals surface area contributed by atoms with Crippen LogP contribution in [0.25, 0.3) is 32.7 Å². The molecule has 0 heterocycles. The first-order valence-corrected chi connectivity index (χ1v) is 8.29. The molecule has 0 amide bonds. The van der Waals surface area contributed by atoms with Crippen LogP contribution in [-0.4, -0.2) is 0 Å². The standard InChI is InChI=1S/C23H20/c1-3-18-19-8-4-6-10-21(19)23(17-14-12-16(2)13-15-17)22-11-7-5-9-20(18)22/h4-15H,3H2,1-2H3. The molecule has 0 nitrogen and oxygen atoms in total. The lowest BCUT2D eigenvalue weighted by molar-refractivity contribution is 1.18. The van der Waals surface area contributed by atoms with Crippen molar-refractivity contribution in [1.82, 2.24) is 0 Å². The summed E-state index contributed by atoms with van der Waals surface area (Å²) in [6.07, 6.45) is 1.05. The minimum Gasteiger partial charge on any atom is -0.0616 e. The largest absolute Gasteiger partial charge is 0.0616 e. The van der Waals surface area contributed by atoms with Crippen molar-refractivity contribution in [1.29, 1.82) is 0 Å². The molecule has 23 heavy (non-hydrogen) atoms. The second-order valence-electron chi connectivity index (χ2n) is 6.16. The smallest absolute Gasteiger partial charge is 0.00266 e. The van der Waals surface area contributed by atoms with Crippen molar-refractivity contribution < 1.29 is 0 Å². The molecule has 0 saturated carbocycles. The Bertz CT molecular complexity index is 935. The van der Waals surface area contributed by atoms with Gasteiger partial charge < -0.3 is 0 Å². The topological polar surface area (TPSA) is 0 Å². The van der Waals surface area contributed by atoms with Crippen LogP contribution < -0.4 is 0 Å². The maximum Gasteiger partial charge on any atom is -0.00266 e. The van der Waals surface area contributed by atoms with Gasteiger partial charge in [0.1, 0.15) is 0 Å². The Morgan fingerprint density at radius 1 is 0.609 bits per heavy atom. The minimum atomic E-state index is 1.05. The van der Waals surface area contributed by atoms with Gasteiger partial charge >= 0.3 is 0 Å². The Labute approximate surface area is 137 Å². The minimum absolute atomic E-state index is 1.05. The predicted octanol–water partition coefficient (Wildman–Crippen LogP) is 6.53. The average Bonchev–Trinajstić information content (AvgIpc) is 2.60. The molecule has 0 spiro atoms. The first-order chi connectivity index (χ1) is 11.3. The van der Waals surface area contributed by atoms with E-state index in [-0.39, 0.29) is 0 Å². The van der Waals surface area contributed by atoms with Gasteiger partial charge in [0.15, 0.2) is 0 Å². The summed E-state index contributed by atoms with van der Waals surface area (Å²) in [5.41, 5.74) is 5.40. The Hall–Kier alpha value is -2.60. The molecule has 0 aliphatic carbocycles. The van der Waals surface area contributed by atoms with Gasteiger partial charge in [-0.25, -0.2) is 0 Å². The summed E-state index contributed by atoms with van der Waals surface area (Å²) in [5, 5.41) is 5.47. The molecule has 0 aliphatic rings. The highest BCUT2D eigenvalue weighted by molar-refractivity contribution is 6.14. The maximum atomic E-state index is 2.26. The molecule has 0 aliphatic heterocycles. The van der Waals surface area contributed by atoms with Gasteiger partial charge in [-0.05, 0) is 51.6 Å². The zero-order chi connectivity index (χ0) is 15.8. The van der Waals surface area contributed by atoms with Gasteiger partial charge in [0, 0.05) is 0 Å². The summed E-state index contributed by atoms with van der Waals surface area (Å²) in [6, 6.07) is 26.5. The molecule has 0 radical (unpaired) electrons. The van der Waals surface area contributed by atoms with Gasteiger partial charge in [0.05, 0.1) is 0 Å². The number of hydrogen-bond acceptors (Lipinski definition) is 0. The van der Waals surface area contributed by atoms with E-state index in [4.69, 9.17) is 0 Å². The lowest BCUT2D eigenvalue weighted by atomic mass is 9.87. The number of hydrogen-bond donors (Lipinski definition) is 0. The molecule has 0 N–H and O–H groups in total. The van der Waals surface area contributed by atoms with E-state index in [0.717, 1.165) is 6.42 Å². The first kappa shape index (κ1) is 14.0. The molecule has 4 rings (SSSR count). The summed E-state index contributed by atoms with van der Waals surface area (Å²) in [7, 11) is 0. The predicted molar refractivity (Wildman–Crippen MR) is 101 cm³/mol. The van der Waals surface area contributed by atoms with Gasteiger partial charge in [-0.2, -0.15) is 0 Å². The molecule has 0 bridgehead atoms. The van der Waals surface area contributed by atoms with Crippen LogP contribution in [0.1, 0.15) is 18.1 Å². The van der Waals surface area contributed by atoms with Crippen LogP contribution in [0, 0.1) is 6.92 Å². The molecule has 112 valence electrons. The lowest BCUT2D eigenvalue weighted by Crippen LogP contribution is -1.92. The fourth-order valence-corrected chi connectivity index (χ4v) is 3.63. The SMILES string of the molecule is CCc1c2ccccc2c(-c2ccc(C)cc2)c2ccccc12. The van der Waals surface area contributed by atoms with Crippen molar-refractivity contribution in [3.63, 3.8) is 0 Å². The molecule has 0 heteroatoms. The second kappa shape index (κ2) is 5.55. The molecular weight excluding hydrogens is 276 g/mol. The van der Waals surface area contributed by atoms with E-state index < -0.39 is 0 Å².